The van der Waals surface area contributed by atoms with Crippen LogP contribution in [0.3, 0.4) is 0 Å². The van der Waals surface area contributed by atoms with Gasteiger partial charge in [0.15, 0.2) is 0 Å². The number of pyridine rings is 1. The molecule has 1 atom stereocenters. The molecule has 0 spiro atoms. The van der Waals surface area contributed by atoms with Gasteiger partial charge in [-0.1, -0.05) is 0 Å². The van der Waals surface area contributed by atoms with Gasteiger partial charge in [-0.3, -0.25) is 4.98 Å². The molecule has 0 saturated carbocycles. The number of nitrogens with two attached hydrogens (primary N) is 1. The monoisotopic (exact) mass is 220 g/mol. The number of hydrogen-bond donors (Lipinski definition) is 2. The predicted octanol–water partition coefficient (Wildman–Crippen LogP) is 1.56. The van der Waals surface area contributed by atoms with Crippen molar-refractivity contribution < 1.29 is 0 Å². The molecule has 1 aliphatic heterocycles. The molecule has 16 heavy (non-hydrogen) atoms. The summed E-state index contributed by atoms with van der Waals surface area (Å²) in [5.74, 6) is 0. The smallest absolute Gasteiger partial charge is 0.0549 e. The number of rotatable bonds is 4. The molecule has 0 amide bonds. The van der Waals surface area contributed by atoms with E-state index < -0.39 is 0 Å². The van der Waals surface area contributed by atoms with Gasteiger partial charge >= 0.3 is 0 Å². The maximum Gasteiger partial charge on any atom is 0.0549 e. The first kappa shape index (κ1) is 11.2. The molecule has 2 rings (SSSR count). The molecule has 1 aromatic rings. The minimum atomic E-state index is 0.432. The van der Waals surface area contributed by atoms with Gasteiger partial charge in [-0.2, -0.15) is 0 Å². The molecule has 0 aromatic carbocycles. The Kier molecular flexibility index (Phi) is 3.62. The van der Waals surface area contributed by atoms with Crippen LogP contribution in [0.25, 0.3) is 0 Å². The molecule has 4 heteroatoms. The van der Waals surface area contributed by atoms with Gasteiger partial charge in [0.25, 0.3) is 0 Å². The second-order valence-electron chi connectivity index (χ2n) is 4.56. The fourth-order valence-corrected chi connectivity index (χ4v) is 2.22. The first-order chi connectivity index (χ1) is 7.74. The van der Waals surface area contributed by atoms with Crippen LogP contribution in [-0.2, 0) is 0 Å². The molecule has 0 bridgehead atoms. The van der Waals surface area contributed by atoms with E-state index >= 15 is 0 Å². The van der Waals surface area contributed by atoms with Gasteiger partial charge in [0, 0.05) is 18.8 Å². The average molecular weight is 220 g/mol. The van der Waals surface area contributed by atoms with Gasteiger partial charge in [0.05, 0.1) is 17.6 Å². The molecule has 88 valence electrons. The minimum Gasteiger partial charge on any atom is -0.397 e. The Balaban J connectivity index is 1.84. The van der Waals surface area contributed by atoms with E-state index in [1.807, 2.05) is 12.3 Å². The molecule has 0 aliphatic carbocycles. The first-order valence-electron chi connectivity index (χ1n) is 5.93. The third-order valence-electron chi connectivity index (χ3n) is 2.90. The molecule has 1 aliphatic rings. The molecular weight excluding hydrogens is 200 g/mol. The molecule has 1 aromatic heterocycles. The Morgan fingerprint density at radius 3 is 2.88 bits per heavy atom. The second-order valence-corrected chi connectivity index (χ2v) is 4.56. The van der Waals surface area contributed by atoms with Crippen molar-refractivity contribution in [1.82, 2.24) is 9.88 Å². The van der Waals surface area contributed by atoms with E-state index in [1.54, 1.807) is 6.20 Å². The number of aromatic nitrogens is 1. The number of anilines is 2. The lowest BCUT2D eigenvalue weighted by atomic mass is 10.3. The molecule has 3 N–H and O–H groups in total. The lowest BCUT2D eigenvalue weighted by molar-refractivity contribution is 0.328. The average Bonchev–Trinajstić information content (AvgIpc) is 2.70. The van der Waals surface area contributed by atoms with E-state index in [0.717, 1.165) is 12.2 Å². The van der Waals surface area contributed by atoms with Crippen LogP contribution in [0.4, 0.5) is 11.4 Å². The summed E-state index contributed by atoms with van der Waals surface area (Å²) in [6.07, 6.45) is 6.16. The summed E-state index contributed by atoms with van der Waals surface area (Å²) in [7, 11) is 0. The zero-order chi connectivity index (χ0) is 11.4. The Bertz CT molecular complexity index is 334. The molecule has 4 nitrogen and oxygen atoms in total. The van der Waals surface area contributed by atoms with Crippen LogP contribution in [0.5, 0.6) is 0 Å². The molecule has 1 fully saturated rings. The molecular formula is C12H20N4. The quantitative estimate of drug-likeness (QED) is 0.808. The third kappa shape index (κ3) is 3.10. The van der Waals surface area contributed by atoms with Crippen LogP contribution in [-0.4, -0.2) is 35.6 Å². The summed E-state index contributed by atoms with van der Waals surface area (Å²) in [6.45, 7) is 5.76. The second kappa shape index (κ2) is 5.16. The van der Waals surface area contributed by atoms with E-state index in [9.17, 15) is 0 Å². The van der Waals surface area contributed by atoms with Crippen molar-refractivity contribution in [3.05, 3.63) is 18.5 Å². The van der Waals surface area contributed by atoms with Crippen LogP contribution < -0.4 is 11.1 Å². The zero-order valence-corrected chi connectivity index (χ0v) is 9.82. The first-order valence-corrected chi connectivity index (χ1v) is 5.93. The van der Waals surface area contributed by atoms with Gasteiger partial charge in [0.1, 0.15) is 0 Å². The van der Waals surface area contributed by atoms with Gasteiger partial charge in [-0.15, -0.1) is 0 Å². The highest BCUT2D eigenvalue weighted by Crippen LogP contribution is 2.13. The fourth-order valence-electron chi connectivity index (χ4n) is 2.22. The summed E-state index contributed by atoms with van der Waals surface area (Å²) in [5, 5.41) is 3.43. The van der Waals surface area contributed by atoms with E-state index in [4.69, 9.17) is 5.73 Å². The fraction of sp³-hybridized carbons (Fsp3) is 0.583. The summed E-state index contributed by atoms with van der Waals surface area (Å²) < 4.78 is 0. The SMILES string of the molecule is CC(CN1CCCC1)Nc1cncc(N)c1. The predicted molar refractivity (Wildman–Crippen MR) is 67.4 cm³/mol. The van der Waals surface area contributed by atoms with Crippen molar-refractivity contribution in [2.24, 2.45) is 0 Å². The highest BCUT2D eigenvalue weighted by molar-refractivity contribution is 5.51. The van der Waals surface area contributed by atoms with Crippen LogP contribution in [0.1, 0.15) is 19.8 Å². The van der Waals surface area contributed by atoms with Gasteiger partial charge < -0.3 is 16.0 Å². The topological polar surface area (TPSA) is 54.2 Å². The number of nitrogens with one attached hydrogen (secondary N) is 1. The Hall–Kier alpha value is -1.29. The highest BCUT2D eigenvalue weighted by Gasteiger charge is 2.14. The Labute approximate surface area is 96.8 Å². The van der Waals surface area contributed by atoms with Crippen molar-refractivity contribution in [2.75, 3.05) is 30.7 Å². The third-order valence-corrected chi connectivity index (χ3v) is 2.90. The van der Waals surface area contributed by atoms with Gasteiger partial charge in [-0.05, 0) is 38.9 Å². The van der Waals surface area contributed by atoms with Crippen LogP contribution >= 0.6 is 0 Å². The van der Waals surface area contributed by atoms with E-state index in [1.165, 1.54) is 25.9 Å². The normalized spacial score (nSPS) is 18.6. The van der Waals surface area contributed by atoms with Crippen LogP contribution in [0.2, 0.25) is 0 Å². The number of nitrogen functional groups attached to an aromatic ring is 1. The minimum absolute atomic E-state index is 0.432. The zero-order valence-electron chi connectivity index (χ0n) is 9.82. The molecule has 1 unspecified atom stereocenters. The summed E-state index contributed by atoms with van der Waals surface area (Å²) in [4.78, 5) is 6.57. The van der Waals surface area contributed by atoms with E-state index in [-0.39, 0.29) is 0 Å². The summed E-state index contributed by atoms with van der Waals surface area (Å²) in [6, 6.07) is 2.36. The van der Waals surface area contributed by atoms with Crippen molar-refractivity contribution in [3.63, 3.8) is 0 Å². The van der Waals surface area contributed by atoms with Crippen molar-refractivity contribution in [2.45, 2.75) is 25.8 Å². The molecule has 1 saturated heterocycles. The van der Waals surface area contributed by atoms with Crippen LogP contribution in [0.15, 0.2) is 18.5 Å². The van der Waals surface area contributed by atoms with Crippen molar-refractivity contribution in [3.8, 4) is 0 Å². The lowest BCUT2D eigenvalue weighted by Crippen LogP contribution is -2.32. The maximum absolute atomic E-state index is 5.69. The highest BCUT2D eigenvalue weighted by atomic mass is 15.2. The van der Waals surface area contributed by atoms with E-state index in [2.05, 4.69) is 22.1 Å². The van der Waals surface area contributed by atoms with Crippen molar-refractivity contribution >= 4 is 11.4 Å². The summed E-state index contributed by atoms with van der Waals surface area (Å²) in [5.41, 5.74) is 7.40. The van der Waals surface area contributed by atoms with Crippen molar-refractivity contribution in [1.29, 1.82) is 0 Å². The molecule has 2 heterocycles. The number of likely N-dealkylation sites (tertiary alicyclic amines) is 1. The Morgan fingerprint density at radius 2 is 2.19 bits per heavy atom. The van der Waals surface area contributed by atoms with Gasteiger partial charge in [-0.25, -0.2) is 0 Å². The maximum atomic E-state index is 5.69. The number of hydrogen-bond acceptors (Lipinski definition) is 4. The van der Waals surface area contributed by atoms with Gasteiger partial charge in [0.2, 0.25) is 0 Å². The summed E-state index contributed by atoms with van der Waals surface area (Å²) >= 11 is 0. The van der Waals surface area contributed by atoms with Crippen LogP contribution in [0, 0.1) is 0 Å². The Morgan fingerprint density at radius 1 is 1.44 bits per heavy atom. The standard InChI is InChI=1S/C12H20N4/c1-10(9-16-4-2-3-5-16)15-12-6-11(13)7-14-8-12/h6-8,10,15H,2-5,9,13H2,1H3. The molecule has 0 radical (unpaired) electrons. The number of nitrogens with zero attached hydrogens (tertiary/aromatic N) is 2. The van der Waals surface area contributed by atoms with E-state index in [0.29, 0.717) is 11.7 Å². The largest absolute Gasteiger partial charge is 0.397 e. The lowest BCUT2D eigenvalue weighted by Gasteiger charge is -2.21.